The lowest BCUT2D eigenvalue weighted by molar-refractivity contribution is -0.126. The monoisotopic (exact) mass is 615 g/mol. The van der Waals surface area contributed by atoms with Crippen molar-refractivity contribution in [1.29, 1.82) is 0 Å². The number of aromatic nitrogens is 2. The maximum Gasteiger partial charge on any atom is 0.261 e. The van der Waals surface area contributed by atoms with E-state index in [0.29, 0.717) is 15.9 Å². The number of rotatable bonds is 10. The molecule has 3 atom stereocenters. The van der Waals surface area contributed by atoms with Crippen LogP contribution >= 0.6 is 34.8 Å². The van der Waals surface area contributed by atoms with Gasteiger partial charge in [-0.1, -0.05) is 65.1 Å². The van der Waals surface area contributed by atoms with Crippen molar-refractivity contribution in [2.75, 3.05) is 6.54 Å². The number of aryl methyl sites for hydroxylation is 1. The van der Waals surface area contributed by atoms with Crippen molar-refractivity contribution >= 4 is 57.5 Å². The minimum atomic E-state index is -1.15. The van der Waals surface area contributed by atoms with Gasteiger partial charge in [-0.25, -0.2) is 4.98 Å². The minimum absolute atomic E-state index is 0.0207. The molecule has 2 amide bonds. The Labute approximate surface area is 251 Å². The molecule has 9 nitrogen and oxygen atoms in total. The second-order valence-corrected chi connectivity index (χ2v) is 10.8. The Morgan fingerprint density at radius 2 is 1.73 bits per heavy atom. The van der Waals surface area contributed by atoms with Gasteiger partial charge >= 0.3 is 0 Å². The zero-order valence-corrected chi connectivity index (χ0v) is 24.2. The van der Waals surface area contributed by atoms with E-state index in [1.165, 1.54) is 30.0 Å². The number of halogens is 3. The highest BCUT2D eigenvalue weighted by molar-refractivity contribution is 6.42. The number of aliphatic hydroxyl groups excluding tert-OH is 1. The Bertz CT molecular complexity index is 1630. The third kappa shape index (κ3) is 7.63. The molecule has 0 unspecified atom stereocenters. The quantitative estimate of drug-likeness (QED) is 0.212. The van der Waals surface area contributed by atoms with Crippen LogP contribution in [0.1, 0.15) is 24.9 Å². The van der Waals surface area contributed by atoms with Crippen molar-refractivity contribution in [2.45, 2.75) is 38.1 Å². The van der Waals surface area contributed by atoms with Gasteiger partial charge in [0.25, 0.3) is 5.56 Å². The Kier molecular flexibility index (Phi) is 10.0. The summed E-state index contributed by atoms with van der Waals surface area (Å²) in [5.41, 5.74) is 8.42. The van der Waals surface area contributed by atoms with Gasteiger partial charge in [0.05, 0.1) is 39.4 Å². The highest BCUT2D eigenvalue weighted by atomic mass is 35.5. The van der Waals surface area contributed by atoms with Gasteiger partial charge in [-0.05, 0) is 53.9 Å². The second-order valence-electron chi connectivity index (χ2n) is 9.54. The number of hydrogen-bond acceptors (Lipinski definition) is 6. The Morgan fingerprint density at radius 1 is 1.02 bits per heavy atom. The molecule has 4 rings (SSSR count). The molecule has 0 spiro atoms. The molecule has 0 fully saturated rings. The Balaban J connectivity index is 1.48. The zero-order chi connectivity index (χ0) is 29.7. The van der Waals surface area contributed by atoms with Crippen LogP contribution in [0.5, 0.6) is 0 Å². The lowest BCUT2D eigenvalue weighted by Gasteiger charge is -2.23. The molecule has 1 aromatic heterocycles. The van der Waals surface area contributed by atoms with Gasteiger partial charge in [0.15, 0.2) is 0 Å². The third-order valence-electron chi connectivity index (χ3n) is 6.55. The number of carbonyl (C=O) groups is 2. The van der Waals surface area contributed by atoms with Crippen molar-refractivity contribution < 1.29 is 14.7 Å². The summed E-state index contributed by atoms with van der Waals surface area (Å²) >= 11 is 18.1. The van der Waals surface area contributed by atoms with Crippen LogP contribution in [0.3, 0.4) is 0 Å². The number of carbonyl (C=O) groups excluding carboxylic acids is 2. The first kappa shape index (κ1) is 30.5. The summed E-state index contributed by atoms with van der Waals surface area (Å²) in [7, 11) is 0. The van der Waals surface area contributed by atoms with Gasteiger partial charge in [0.2, 0.25) is 11.8 Å². The first-order chi connectivity index (χ1) is 19.5. The summed E-state index contributed by atoms with van der Waals surface area (Å²) in [6.45, 7) is 1.54. The molecule has 0 saturated heterocycles. The number of hydrogen-bond donors (Lipinski definition) is 4. The molecule has 0 bridgehead atoms. The van der Waals surface area contributed by atoms with E-state index in [4.69, 9.17) is 40.5 Å². The fraction of sp³-hybridized carbons (Fsp3) is 0.241. The van der Waals surface area contributed by atoms with E-state index < -0.39 is 24.1 Å². The highest BCUT2D eigenvalue weighted by Gasteiger charge is 2.23. The van der Waals surface area contributed by atoms with Gasteiger partial charge in [-0.15, -0.1) is 0 Å². The molecule has 0 radical (unpaired) electrons. The molecule has 4 aromatic rings. The van der Waals surface area contributed by atoms with E-state index in [1.54, 1.807) is 12.1 Å². The molecule has 214 valence electrons. The van der Waals surface area contributed by atoms with E-state index in [2.05, 4.69) is 15.6 Å². The van der Waals surface area contributed by atoms with Crippen molar-refractivity contribution in [3.8, 4) is 11.1 Å². The van der Waals surface area contributed by atoms with Gasteiger partial charge in [0.1, 0.15) is 6.04 Å². The topological polar surface area (TPSA) is 139 Å². The maximum atomic E-state index is 12.9. The van der Waals surface area contributed by atoms with Crippen LogP contribution in [-0.2, 0) is 16.1 Å². The number of amides is 2. The average molecular weight is 617 g/mol. The van der Waals surface area contributed by atoms with Crippen molar-refractivity contribution in [2.24, 2.45) is 5.73 Å². The SMILES string of the molecule is C[C@@H](O)[C@H](N)C(=O)N[C@@H](CNC(=O)CCn1cnc2cc(Cl)c(Cl)cc2c1=O)c1cccc(-c2ccc(Cl)cc2)c1. The summed E-state index contributed by atoms with van der Waals surface area (Å²) in [6.07, 6.45) is 0.267. The van der Waals surface area contributed by atoms with E-state index in [1.807, 2.05) is 36.4 Å². The van der Waals surface area contributed by atoms with Crippen LogP contribution in [-0.4, -0.2) is 45.2 Å². The standard InChI is InChI=1S/C29H28Cl3N5O4/c1-16(38)27(33)28(40)36-25(19-4-2-3-18(11-19)17-5-7-20(30)8-6-17)14-34-26(39)9-10-37-15-35-24-13-23(32)22(31)12-21(24)29(37)41/h2-8,11-13,15-16,25,27,38H,9-10,14,33H2,1H3,(H,34,39)(H,36,40)/t16-,25+,27+/m1/s1. The number of nitrogens with one attached hydrogen (secondary N) is 2. The van der Waals surface area contributed by atoms with Crippen molar-refractivity contribution in [3.63, 3.8) is 0 Å². The highest BCUT2D eigenvalue weighted by Crippen LogP contribution is 2.26. The van der Waals surface area contributed by atoms with Gasteiger partial charge < -0.3 is 21.5 Å². The molecule has 5 N–H and O–H groups in total. The zero-order valence-electron chi connectivity index (χ0n) is 22.0. The van der Waals surface area contributed by atoms with Crippen LogP contribution in [0.15, 0.2) is 71.8 Å². The predicted molar refractivity (Wildman–Crippen MR) is 161 cm³/mol. The lowest BCUT2D eigenvalue weighted by Crippen LogP contribution is -2.49. The molecule has 0 saturated carbocycles. The van der Waals surface area contributed by atoms with Crippen LogP contribution in [0.2, 0.25) is 15.1 Å². The smallest absolute Gasteiger partial charge is 0.261 e. The Morgan fingerprint density at radius 3 is 2.44 bits per heavy atom. The van der Waals surface area contributed by atoms with Gasteiger partial charge in [-0.2, -0.15) is 0 Å². The number of aliphatic hydroxyl groups is 1. The van der Waals surface area contributed by atoms with Gasteiger partial charge in [0, 0.05) is 24.5 Å². The van der Waals surface area contributed by atoms with E-state index >= 15 is 0 Å². The number of nitrogens with two attached hydrogens (primary N) is 1. The molecule has 3 aromatic carbocycles. The molecular formula is C29H28Cl3N5O4. The predicted octanol–water partition coefficient (Wildman–Crippen LogP) is 4.10. The fourth-order valence-corrected chi connectivity index (χ4v) is 4.60. The molecule has 1 heterocycles. The fourth-order valence-electron chi connectivity index (χ4n) is 4.16. The molecule has 0 aliphatic heterocycles. The van der Waals surface area contributed by atoms with Gasteiger partial charge in [-0.3, -0.25) is 19.0 Å². The number of fused-ring (bicyclic) bond motifs is 1. The minimum Gasteiger partial charge on any atom is -0.391 e. The summed E-state index contributed by atoms with van der Waals surface area (Å²) in [5.74, 6) is -0.914. The van der Waals surface area contributed by atoms with Crippen LogP contribution in [0.4, 0.5) is 0 Å². The molecule has 0 aliphatic carbocycles. The molecule has 0 aliphatic rings. The van der Waals surface area contributed by atoms with Crippen molar-refractivity contribution in [1.82, 2.24) is 20.2 Å². The maximum absolute atomic E-state index is 12.9. The summed E-state index contributed by atoms with van der Waals surface area (Å²) in [5, 5.41) is 16.9. The summed E-state index contributed by atoms with van der Waals surface area (Å²) in [6, 6.07) is 16.0. The third-order valence-corrected chi connectivity index (χ3v) is 7.53. The number of nitrogens with zero attached hydrogens (tertiary/aromatic N) is 2. The summed E-state index contributed by atoms with van der Waals surface area (Å²) in [4.78, 5) is 42.6. The first-order valence-electron chi connectivity index (χ1n) is 12.7. The van der Waals surface area contributed by atoms with E-state index in [-0.39, 0.29) is 41.0 Å². The van der Waals surface area contributed by atoms with Crippen LogP contribution < -0.4 is 21.9 Å². The van der Waals surface area contributed by atoms with Crippen molar-refractivity contribution in [3.05, 3.63) is 98.0 Å². The largest absolute Gasteiger partial charge is 0.391 e. The molecule has 41 heavy (non-hydrogen) atoms. The van der Waals surface area contributed by atoms with E-state index in [0.717, 1.165) is 16.7 Å². The van der Waals surface area contributed by atoms with Crippen LogP contribution in [0.25, 0.3) is 22.0 Å². The molecular weight excluding hydrogens is 589 g/mol. The molecule has 12 heteroatoms. The summed E-state index contributed by atoms with van der Waals surface area (Å²) < 4.78 is 1.32. The Hall–Kier alpha value is -3.47. The number of benzene rings is 3. The lowest BCUT2D eigenvalue weighted by atomic mass is 9.99. The second kappa shape index (κ2) is 13.5. The van der Waals surface area contributed by atoms with Crippen LogP contribution in [0, 0.1) is 0 Å². The van der Waals surface area contributed by atoms with E-state index in [9.17, 15) is 19.5 Å². The average Bonchev–Trinajstić information content (AvgIpc) is 2.95. The normalized spacial score (nSPS) is 13.4. The first-order valence-corrected chi connectivity index (χ1v) is 13.9.